The van der Waals surface area contributed by atoms with Gasteiger partial charge in [-0.1, -0.05) is 0 Å². The van der Waals surface area contributed by atoms with Crippen LogP contribution in [0.15, 0.2) is 52.3 Å². The fraction of sp³-hybridized carbons (Fsp3) is 0.375. The highest BCUT2D eigenvalue weighted by molar-refractivity contribution is 7.80. The van der Waals surface area contributed by atoms with Crippen LogP contribution in [-0.4, -0.2) is 62.9 Å². The van der Waals surface area contributed by atoms with E-state index in [0.717, 1.165) is 4.57 Å². The maximum Gasteiger partial charge on any atom is 0.414 e. The smallest absolute Gasteiger partial charge is 0.414 e. The molecule has 1 fully saturated rings. The van der Waals surface area contributed by atoms with Gasteiger partial charge < -0.3 is 14.4 Å². The summed E-state index contributed by atoms with van der Waals surface area (Å²) in [6.07, 6.45) is 3.13. The molecule has 0 spiro atoms. The summed E-state index contributed by atoms with van der Waals surface area (Å²) < 4.78 is 29.5. The minimum absolute atomic E-state index is 0.205. The molecule has 11 nitrogen and oxygen atoms in total. The molecule has 0 N–H and O–H groups in total. The van der Waals surface area contributed by atoms with Gasteiger partial charge in [0.25, 0.3) is 0 Å². The van der Waals surface area contributed by atoms with Gasteiger partial charge >= 0.3 is 17.5 Å². The van der Waals surface area contributed by atoms with Gasteiger partial charge in [0.05, 0.1) is 43.8 Å². The molecule has 0 saturated carbocycles. The van der Waals surface area contributed by atoms with Gasteiger partial charge in [0.15, 0.2) is 5.05 Å². The van der Waals surface area contributed by atoms with E-state index in [1.165, 1.54) is 39.8 Å². The molecule has 2 aliphatic rings. The lowest BCUT2D eigenvalue weighted by Gasteiger charge is -2.23. The van der Waals surface area contributed by atoms with Gasteiger partial charge in [0, 0.05) is 31.9 Å². The Bertz CT molecular complexity index is 1410. The fourth-order valence-corrected chi connectivity index (χ4v) is 4.75. The number of carbonyl (C=O) groups is 1. The van der Waals surface area contributed by atoms with E-state index in [2.05, 4.69) is 4.98 Å². The number of pyridine rings is 1. The second kappa shape index (κ2) is 10.2. The first-order valence-corrected chi connectivity index (χ1v) is 12.2. The molecule has 1 amide bonds. The zero-order chi connectivity index (χ0) is 26.1. The summed E-state index contributed by atoms with van der Waals surface area (Å²) in [5.74, 6) is -0.512. The predicted molar refractivity (Wildman–Crippen MR) is 137 cm³/mol. The van der Waals surface area contributed by atoms with Crippen molar-refractivity contribution < 1.29 is 18.7 Å². The van der Waals surface area contributed by atoms with E-state index in [4.69, 9.17) is 21.7 Å². The lowest BCUT2D eigenvalue weighted by Crippen LogP contribution is -2.33. The molecule has 3 aromatic rings. The zero-order valence-electron chi connectivity index (χ0n) is 20.1. The summed E-state index contributed by atoms with van der Waals surface area (Å²) in [7, 11) is 1.50. The molecule has 5 rings (SSSR count). The van der Waals surface area contributed by atoms with Gasteiger partial charge in [0.2, 0.25) is 0 Å². The third-order valence-electron chi connectivity index (χ3n) is 6.56. The third kappa shape index (κ3) is 4.73. The van der Waals surface area contributed by atoms with Crippen LogP contribution in [0.4, 0.5) is 20.6 Å². The van der Waals surface area contributed by atoms with Gasteiger partial charge in [-0.25, -0.2) is 32.7 Å². The molecule has 0 radical (unpaired) electrons. The van der Waals surface area contributed by atoms with Crippen LogP contribution in [0.3, 0.4) is 0 Å². The number of methoxy groups -OCH3 is 1. The fourth-order valence-electron chi connectivity index (χ4n) is 4.63. The topological polar surface area (TPSA) is 104 Å². The van der Waals surface area contributed by atoms with Crippen LogP contribution in [0.5, 0.6) is 0 Å². The number of hydrogen-bond donors (Lipinski definition) is 0. The number of benzene rings is 1. The Kier molecular flexibility index (Phi) is 6.78. The quantitative estimate of drug-likeness (QED) is 0.447. The molecule has 37 heavy (non-hydrogen) atoms. The van der Waals surface area contributed by atoms with E-state index in [9.17, 15) is 14.4 Å². The Morgan fingerprint density at radius 1 is 1.05 bits per heavy atom. The van der Waals surface area contributed by atoms with Crippen molar-refractivity contribution in [1.82, 2.24) is 18.9 Å². The molecule has 4 heterocycles. The molecule has 1 saturated heterocycles. The van der Waals surface area contributed by atoms with E-state index < -0.39 is 23.3 Å². The Labute approximate surface area is 216 Å². The minimum atomic E-state index is -0.542. The Morgan fingerprint density at radius 2 is 1.73 bits per heavy atom. The molecule has 0 aliphatic carbocycles. The van der Waals surface area contributed by atoms with Gasteiger partial charge in [0.1, 0.15) is 11.9 Å². The number of hydrogen-bond acceptors (Lipinski definition) is 8. The Morgan fingerprint density at radius 3 is 2.35 bits per heavy atom. The highest BCUT2D eigenvalue weighted by Crippen LogP contribution is 2.29. The van der Waals surface area contributed by atoms with Gasteiger partial charge in [-0.05, 0) is 49.0 Å². The molecule has 0 bridgehead atoms. The summed E-state index contributed by atoms with van der Waals surface area (Å²) in [6.45, 7) is 1.34. The van der Waals surface area contributed by atoms with Crippen LogP contribution in [0.1, 0.15) is 12.8 Å². The SMILES string of the molecule is COC(=S)CC[C@H]1CN(c2ccc(N3CCn4c(=O)n(-c5ccncc5)c(=O)n4CC3)c(F)c2)C(=O)O1. The first-order valence-electron chi connectivity index (χ1n) is 11.8. The maximum absolute atomic E-state index is 15.2. The molecular weight excluding hydrogens is 503 g/mol. The highest BCUT2D eigenvalue weighted by atomic mass is 32.1. The summed E-state index contributed by atoms with van der Waals surface area (Å²) in [5, 5.41) is 0.438. The van der Waals surface area contributed by atoms with Crippen molar-refractivity contribution in [2.24, 2.45) is 0 Å². The van der Waals surface area contributed by atoms with Gasteiger partial charge in [-0.2, -0.15) is 0 Å². The summed E-state index contributed by atoms with van der Waals surface area (Å²) in [6, 6.07) is 7.75. The first kappa shape index (κ1) is 24.7. The molecule has 0 unspecified atom stereocenters. The van der Waals surface area contributed by atoms with Gasteiger partial charge in [-0.15, -0.1) is 0 Å². The number of rotatable bonds is 6. The molecule has 13 heteroatoms. The number of anilines is 2. The van der Waals surface area contributed by atoms with Crippen LogP contribution in [-0.2, 0) is 22.6 Å². The monoisotopic (exact) mass is 528 g/mol. The number of ether oxygens (including phenoxy) is 2. The molecule has 1 atom stereocenters. The lowest BCUT2D eigenvalue weighted by molar-refractivity contribution is 0.137. The molecule has 2 aliphatic heterocycles. The van der Waals surface area contributed by atoms with Crippen molar-refractivity contribution in [3.63, 3.8) is 0 Å². The normalized spacial score (nSPS) is 17.4. The van der Waals surface area contributed by atoms with Crippen molar-refractivity contribution in [3.05, 3.63) is 69.5 Å². The third-order valence-corrected chi connectivity index (χ3v) is 6.93. The number of cyclic esters (lactones) is 1. The zero-order valence-corrected chi connectivity index (χ0v) is 20.9. The highest BCUT2D eigenvalue weighted by Gasteiger charge is 2.33. The number of fused-ring (bicyclic) bond motifs is 1. The second-order valence-corrected chi connectivity index (χ2v) is 9.16. The van der Waals surface area contributed by atoms with Crippen molar-refractivity contribution in [3.8, 4) is 5.69 Å². The number of halogens is 1. The van der Waals surface area contributed by atoms with Crippen molar-refractivity contribution >= 4 is 34.7 Å². The number of thiocarbonyl (C=S) groups is 1. The van der Waals surface area contributed by atoms with Crippen LogP contribution in [0.2, 0.25) is 0 Å². The van der Waals surface area contributed by atoms with Crippen molar-refractivity contribution in [1.29, 1.82) is 0 Å². The van der Waals surface area contributed by atoms with Crippen LogP contribution < -0.4 is 21.2 Å². The average molecular weight is 529 g/mol. The van der Waals surface area contributed by atoms with E-state index >= 15 is 4.39 Å². The van der Waals surface area contributed by atoms with E-state index in [1.54, 1.807) is 29.2 Å². The molecular formula is C24H25FN6O5S. The molecule has 194 valence electrons. The van der Waals surface area contributed by atoms with Crippen LogP contribution >= 0.6 is 12.2 Å². The summed E-state index contributed by atoms with van der Waals surface area (Å²) in [5.41, 5.74) is 0.247. The van der Waals surface area contributed by atoms with E-state index in [1.807, 2.05) is 0 Å². The predicted octanol–water partition coefficient (Wildman–Crippen LogP) is 1.93. The Balaban J connectivity index is 1.30. The van der Waals surface area contributed by atoms with E-state index in [-0.39, 0.29) is 25.7 Å². The minimum Gasteiger partial charge on any atom is -0.490 e. The van der Waals surface area contributed by atoms with Crippen LogP contribution in [0.25, 0.3) is 5.69 Å². The number of amides is 1. The largest absolute Gasteiger partial charge is 0.490 e. The summed E-state index contributed by atoms with van der Waals surface area (Å²) in [4.78, 5) is 45.4. The van der Waals surface area contributed by atoms with Crippen LogP contribution in [0, 0.1) is 5.82 Å². The van der Waals surface area contributed by atoms with E-state index in [0.29, 0.717) is 48.0 Å². The van der Waals surface area contributed by atoms with Crippen molar-refractivity contribution in [2.75, 3.05) is 36.5 Å². The Hall–Kier alpha value is -4.00. The maximum atomic E-state index is 15.2. The second-order valence-electron chi connectivity index (χ2n) is 8.71. The number of aromatic nitrogens is 4. The standard InChI is InChI=1S/C24H25FN6O5S/c1-35-21(37)5-3-18-15-28(24(34)36-18)17-2-4-20(19(25)14-17)27-10-12-29-22(32)31(16-6-8-26-9-7-16)23(33)30(29)13-11-27/h2,4,6-9,14,18H,3,5,10-13,15H2,1H3/t18-/m0/s1. The first-order chi connectivity index (χ1) is 17.9. The average Bonchev–Trinajstić information content (AvgIpc) is 3.27. The van der Waals surface area contributed by atoms with Gasteiger partial charge in [-0.3, -0.25) is 9.88 Å². The lowest BCUT2D eigenvalue weighted by atomic mass is 10.2. The van der Waals surface area contributed by atoms with Crippen molar-refractivity contribution in [2.45, 2.75) is 32.0 Å². The summed E-state index contributed by atoms with van der Waals surface area (Å²) >= 11 is 5.03. The number of carbonyl (C=O) groups excluding carboxylic acids is 1. The molecule has 1 aromatic carbocycles. The number of nitrogens with zero attached hydrogens (tertiary/aromatic N) is 6. The molecule has 2 aromatic heterocycles.